The van der Waals surface area contributed by atoms with Gasteiger partial charge in [-0.2, -0.15) is 0 Å². The summed E-state index contributed by atoms with van der Waals surface area (Å²) in [5, 5.41) is 0. The van der Waals surface area contributed by atoms with Crippen molar-refractivity contribution in [3.63, 3.8) is 0 Å². The topological polar surface area (TPSA) is 78.9 Å². The summed E-state index contributed by atoms with van der Waals surface area (Å²) < 4.78 is 16.5. The zero-order valence-electron chi connectivity index (χ0n) is 21.5. The Labute approximate surface area is 208 Å². The number of carbonyl (C=O) groups excluding carboxylic acids is 3. The molecule has 0 aliphatic rings. The molecule has 0 saturated heterocycles. The van der Waals surface area contributed by atoms with Gasteiger partial charge in [-0.1, -0.05) is 65.8 Å². The maximum absolute atomic E-state index is 12.3. The van der Waals surface area contributed by atoms with Crippen LogP contribution in [-0.4, -0.2) is 17.9 Å². The fraction of sp³-hybridized carbons (Fsp3) is 0.414. The van der Waals surface area contributed by atoms with Gasteiger partial charge in [0.05, 0.1) is 17.8 Å². The predicted octanol–water partition coefficient (Wildman–Crippen LogP) is 6.71. The standard InChI is InChI=1S/C29H36O6/c1-7-19(4)27(30)33-24-14-12-22(13-15-24)10-11-23-16-25(34-28(31)20(5)8-2)18-26(17-23)35-29(32)21(6)9-3/h10-21H,7-9H2,1-6H3/b11-10-. The van der Waals surface area contributed by atoms with Gasteiger partial charge in [-0.15, -0.1) is 0 Å². The van der Waals surface area contributed by atoms with Crippen LogP contribution in [0.25, 0.3) is 12.2 Å². The Morgan fingerprint density at radius 1 is 0.600 bits per heavy atom. The van der Waals surface area contributed by atoms with Crippen LogP contribution in [0.1, 0.15) is 71.9 Å². The number of benzene rings is 2. The van der Waals surface area contributed by atoms with E-state index in [1.54, 1.807) is 44.2 Å². The Kier molecular flexibility index (Phi) is 10.7. The van der Waals surface area contributed by atoms with E-state index in [2.05, 4.69) is 0 Å². The fourth-order valence-corrected chi connectivity index (χ4v) is 2.80. The Morgan fingerprint density at radius 3 is 1.37 bits per heavy atom. The summed E-state index contributed by atoms with van der Waals surface area (Å²) in [7, 11) is 0. The molecule has 188 valence electrons. The van der Waals surface area contributed by atoms with Gasteiger partial charge >= 0.3 is 17.9 Å². The van der Waals surface area contributed by atoms with Crippen LogP contribution >= 0.6 is 0 Å². The van der Waals surface area contributed by atoms with Crippen LogP contribution in [0.15, 0.2) is 42.5 Å². The Bertz CT molecular complexity index is 995. The summed E-state index contributed by atoms with van der Waals surface area (Å²) in [6.45, 7) is 11.2. The molecule has 2 aromatic rings. The lowest BCUT2D eigenvalue weighted by Crippen LogP contribution is -2.18. The van der Waals surface area contributed by atoms with Crippen molar-refractivity contribution >= 4 is 30.1 Å². The second-order valence-electron chi connectivity index (χ2n) is 8.83. The molecular weight excluding hydrogens is 444 g/mol. The van der Waals surface area contributed by atoms with Crippen LogP contribution in [0.2, 0.25) is 0 Å². The van der Waals surface area contributed by atoms with Gasteiger partial charge in [0, 0.05) is 6.07 Å². The zero-order valence-corrected chi connectivity index (χ0v) is 21.5. The van der Waals surface area contributed by atoms with Crippen LogP contribution < -0.4 is 14.2 Å². The van der Waals surface area contributed by atoms with E-state index in [0.29, 0.717) is 35.7 Å². The Morgan fingerprint density at radius 2 is 0.971 bits per heavy atom. The van der Waals surface area contributed by atoms with Gasteiger partial charge in [0.2, 0.25) is 0 Å². The zero-order chi connectivity index (χ0) is 26.0. The minimum absolute atomic E-state index is 0.153. The maximum atomic E-state index is 12.3. The van der Waals surface area contributed by atoms with Crippen molar-refractivity contribution in [2.45, 2.75) is 60.8 Å². The fourth-order valence-electron chi connectivity index (χ4n) is 2.80. The molecular formula is C29H36O6. The van der Waals surface area contributed by atoms with Crippen LogP contribution in [0.3, 0.4) is 0 Å². The molecule has 2 rings (SSSR count). The van der Waals surface area contributed by atoms with Crippen LogP contribution in [0.5, 0.6) is 17.2 Å². The summed E-state index contributed by atoms with van der Waals surface area (Å²) in [6, 6.07) is 12.2. The first-order valence-corrected chi connectivity index (χ1v) is 12.2. The van der Waals surface area contributed by atoms with Gasteiger partial charge in [0.15, 0.2) is 0 Å². The van der Waals surface area contributed by atoms with Gasteiger partial charge in [-0.3, -0.25) is 14.4 Å². The predicted molar refractivity (Wildman–Crippen MR) is 137 cm³/mol. The van der Waals surface area contributed by atoms with E-state index in [9.17, 15) is 14.4 Å². The second-order valence-corrected chi connectivity index (χ2v) is 8.83. The van der Waals surface area contributed by atoms with Gasteiger partial charge in [0.25, 0.3) is 0 Å². The third-order valence-electron chi connectivity index (χ3n) is 5.95. The first kappa shape index (κ1) is 27.8. The quantitative estimate of drug-likeness (QED) is 0.202. The van der Waals surface area contributed by atoms with Gasteiger partial charge < -0.3 is 14.2 Å². The second kappa shape index (κ2) is 13.5. The van der Waals surface area contributed by atoms with Crippen molar-refractivity contribution in [1.82, 2.24) is 0 Å². The third-order valence-corrected chi connectivity index (χ3v) is 5.95. The van der Waals surface area contributed by atoms with Crippen molar-refractivity contribution in [2.24, 2.45) is 17.8 Å². The number of hydrogen-bond donors (Lipinski definition) is 0. The van der Waals surface area contributed by atoms with Crippen LogP contribution in [0.4, 0.5) is 0 Å². The van der Waals surface area contributed by atoms with E-state index in [0.717, 1.165) is 12.0 Å². The molecule has 0 N–H and O–H groups in total. The molecule has 0 heterocycles. The van der Waals surface area contributed by atoms with E-state index >= 15 is 0 Å². The van der Waals surface area contributed by atoms with Crippen molar-refractivity contribution in [3.8, 4) is 17.2 Å². The van der Waals surface area contributed by atoms with Crippen LogP contribution in [-0.2, 0) is 14.4 Å². The van der Waals surface area contributed by atoms with Crippen LogP contribution in [0, 0.1) is 17.8 Å². The van der Waals surface area contributed by atoms with E-state index < -0.39 is 0 Å². The lowest BCUT2D eigenvalue weighted by molar-refractivity contribution is -0.139. The highest BCUT2D eigenvalue weighted by Crippen LogP contribution is 2.27. The molecule has 6 nitrogen and oxygen atoms in total. The number of esters is 3. The van der Waals surface area contributed by atoms with Gasteiger partial charge in [-0.25, -0.2) is 0 Å². The normalized spacial score (nSPS) is 13.7. The summed E-state index contributed by atoms with van der Waals surface area (Å²) in [5.74, 6) is -0.440. The molecule has 3 unspecified atom stereocenters. The Hall–Kier alpha value is -3.41. The maximum Gasteiger partial charge on any atom is 0.314 e. The number of rotatable bonds is 11. The largest absolute Gasteiger partial charge is 0.426 e. The summed E-state index contributed by atoms with van der Waals surface area (Å²) in [5.41, 5.74) is 1.59. The monoisotopic (exact) mass is 480 g/mol. The lowest BCUT2D eigenvalue weighted by Gasteiger charge is -2.13. The molecule has 0 saturated carbocycles. The molecule has 0 amide bonds. The molecule has 2 aromatic carbocycles. The molecule has 0 radical (unpaired) electrons. The summed E-state index contributed by atoms with van der Waals surface area (Å²) in [6.07, 6.45) is 5.76. The molecule has 35 heavy (non-hydrogen) atoms. The number of ether oxygens (including phenoxy) is 3. The molecule has 0 aliphatic carbocycles. The number of hydrogen-bond acceptors (Lipinski definition) is 6. The SMILES string of the molecule is CCC(C)C(=O)Oc1ccc(/C=C\c2cc(OC(=O)C(C)CC)cc(OC(=O)C(C)CC)c2)cc1. The van der Waals surface area contributed by atoms with E-state index in [-0.39, 0.29) is 35.7 Å². The summed E-state index contributed by atoms with van der Waals surface area (Å²) in [4.78, 5) is 36.6. The molecule has 6 heteroatoms. The average Bonchev–Trinajstić information content (AvgIpc) is 2.86. The van der Waals surface area contributed by atoms with Gasteiger partial charge in [0.1, 0.15) is 17.2 Å². The summed E-state index contributed by atoms with van der Waals surface area (Å²) >= 11 is 0. The highest BCUT2D eigenvalue weighted by Gasteiger charge is 2.17. The van der Waals surface area contributed by atoms with Crippen molar-refractivity contribution in [1.29, 1.82) is 0 Å². The minimum Gasteiger partial charge on any atom is -0.426 e. The molecule has 0 aliphatic heterocycles. The molecule has 0 fully saturated rings. The van der Waals surface area contributed by atoms with E-state index in [1.807, 2.05) is 52.0 Å². The average molecular weight is 481 g/mol. The third kappa shape index (κ3) is 8.71. The lowest BCUT2D eigenvalue weighted by atomic mass is 10.1. The van der Waals surface area contributed by atoms with E-state index in [4.69, 9.17) is 14.2 Å². The van der Waals surface area contributed by atoms with Crippen molar-refractivity contribution < 1.29 is 28.6 Å². The molecule has 0 aromatic heterocycles. The minimum atomic E-state index is -0.338. The highest BCUT2D eigenvalue weighted by atomic mass is 16.5. The molecule has 3 atom stereocenters. The first-order chi connectivity index (χ1) is 16.7. The first-order valence-electron chi connectivity index (χ1n) is 12.2. The molecule has 0 bridgehead atoms. The smallest absolute Gasteiger partial charge is 0.314 e. The Balaban J connectivity index is 2.24. The molecule has 0 spiro atoms. The van der Waals surface area contributed by atoms with Crippen molar-refractivity contribution in [2.75, 3.05) is 0 Å². The highest BCUT2D eigenvalue weighted by molar-refractivity contribution is 5.78. The van der Waals surface area contributed by atoms with E-state index in [1.165, 1.54) is 0 Å². The van der Waals surface area contributed by atoms with Gasteiger partial charge in [-0.05, 0) is 54.7 Å². The number of carbonyl (C=O) groups is 3. The van der Waals surface area contributed by atoms with Crippen molar-refractivity contribution in [3.05, 3.63) is 53.6 Å².